The van der Waals surface area contributed by atoms with Crippen molar-refractivity contribution in [2.24, 2.45) is 23.7 Å². The summed E-state index contributed by atoms with van der Waals surface area (Å²) in [5, 5.41) is 2.74. The van der Waals surface area contributed by atoms with E-state index in [0.717, 1.165) is 29.2 Å². The molecule has 2 aromatic carbocycles. The van der Waals surface area contributed by atoms with Gasteiger partial charge in [0.1, 0.15) is 8.24 Å². The van der Waals surface area contributed by atoms with Gasteiger partial charge in [-0.25, -0.2) is 0 Å². The van der Waals surface area contributed by atoms with E-state index in [0.29, 0.717) is 6.04 Å². The van der Waals surface area contributed by atoms with Gasteiger partial charge in [0.2, 0.25) is 0 Å². The van der Waals surface area contributed by atoms with Gasteiger partial charge in [-0.3, -0.25) is 0 Å². The van der Waals surface area contributed by atoms with Gasteiger partial charge in [0.25, 0.3) is 0 Å². The molecule has 0 bridgehead atoms. The van der Waals surface area contributed by atoms with Crippen LogP contribution in [0, 0.1) is 23.7 Å². The van der Waals surface area contributed by atoms with Gasteiger partial charge in [0.15, 0.2) is 0 Å². The molecule has 1 N–H and O–H groups in total. The van der Waals surface area contributed by atoms with E-state index in [1.807, 2.05) is 0 Å². The lowest BCUT2D eigenvalue weighted by Crippen LogP contribution is -2.52. The van der Waals surface area contributed by atoms with Crippen LogP contribution in [0.15, 0.2) is 42.5 Å². The molecule has 1 fully saturated rings. The minimum absolute atomic E-state index is 0.401. The summed E-state index contributed by atoms with van der Waals surface area (Å²) >= 11 is 0. The normalized spacial score (nSPS) is 31.4. The number of nitrogens with one attached hydrogen (secondary N) is 1. The second kappa shape index (κ2) is 6.89. The number of hydrogen-bond donors (Lipinski definition) is 1. The minimum Gasteiger partial charge on any atom is -0.331 e. The van der Waals surface area contributed by atoms with Crippen LogP contribution >= 0.6 is 0 Å². The zero-order valence-electron chi connectivity index (χ0n) is 17.0. The van der Waals surface area contributed by atoms with Crippen LogP contribution in [-0.4, -0.2) is 8.24 Å². The summed E-state index contributed by atoms with van der Waals surface area (Å²) in [6, 6.07) is 15.9. The second-order valence-electron chi connectivity index (χ2n) is 9.12. The fourth-order valence-corrected chi connectivity index (χ4v) is 10.5. The molecule has 0 spiro atoms. The van der Waals surface area contributed by atoms with E-state index in [-0.39, 0.29) is 0 Å². The molecule has 0 amide bonds. The average Bonchev–Trinajstić information content (AvgIpc) is 2.77. The first kappa shape index (κ1) is 18.7. The lowest BCUT2D eigenvalue weighted by Gasteiger charge is -2.39. The third-order valence-electron chi connectivity index (χ3n) is 7.33. The zero-order valence-corrected chi connectivity index (χ0v) is 18.0. The highest BCUT2D eigenvalue weighted by molar-refractivity contribution is 6.76. The maximum absolute atomic E-state index is 4.15. The molecule has 1 aliphatic carbocycles. The van der Waals surface area contributed by atoms with Crippen molar-refractivity contribution in [3.63, 3.8) is 0 Å². The van der Waals surface area contributed by atoms with E-state index in [2.05, 4.69) is 95.2 Å². The number of benzene rings is 2. The summed E-state index contributed by atoms with van der Waals surface area (Å²) in [5.74, 6) is 3.31. The standard InChI is InChI=1S/C23H35NSi/c1-15-16(2)18(4)23(17(15)3)25(6,7)24-19(5)21-14-10-12-20-11-8-9-13-22(20)21/h8-19,23-24H,1-7H3/t15?,16?,17?,18?,19-,23?/m1/s1. The number of rotatable bonds is 4. The van der Waals surface area contributed by atoms with Crippen molar-refractivity contribution in [2.75, 3.05) is 0 Å². The summed E-state index contributed by atoms with van der Waals surface area (Å²) < 4.78 is 0. The lowest BCUT2D eigenvalue weighted by atomic mass is 9.92. The first-order valence-corrected chi connectivity index (χ1v) is 13.1. The van der Waals surface area contributed by atoms with Crippen LogP contribution in [0.5, 0.6) is 0 Å². The largest absolute Gasteiger partial charge is 0.331 e. The molecule has 0 radical (unpaired) electrons. The summed E-state index contributed by atoms with van der Waals surface area (Å²) in [6.45, 7) is 17.4. The highest BCUT2D eigenvalue weighted by Gasteiger charge is 2.49. The van der Waals surface area contributed by atoms with Gasteiger partial charge in [0.05, 0.1) is 0 Å². The first-order valence-electron chi connectivity index (χ1n) is 9.99. The zero-order chi connectivity index (χ0) is 18.4. The molecule has 0 aromatic heterocycles. The predicted molar refractivity (Wildman–Crippen MR) is 113 cm³/mol. The van der Waals surface area contributed by atoms with Crippen LogP contribution in [0.2, 0.25) is 18.6 Å². The summed E-state index contributed by atoms with van der Waals surface area (Å²) in [6.07, 6.45) is 0. The summed E-state index contributed by atoms with van der Waals surface area (Å²) in [5.41, 5.74) is 2.29. The molecule has 136 valence electrons. The third kappa shape index (κ3) is 3.31. The van der Waals surface area contributed by atoms with Crippen LogP contribution < -0.4 is 4.98 Å². The fourth-order valence-electron chi connectivity index (χ4n) is 5.77. The van der Waals surface area contributed by atoms with Gasteiger partial charge in [-0.15, -0.1) is 0 Å². The maximum atomic E-state index is 4.15. The molecule has 2 aromatic rings. The van der Waals surface area contributed by atoms with Crippen LogP contribution in [-0.2, 0) is 0 Å². The van der Waals surface area contributed by atoms with Crippen molar-refractivity contribution in [3.05, 3.63) is 48.0 Å². The van der Waals surface area contributed by atoms with Crippen LogP contribution in [0.1, 0.15) is 46.2 Å². The Hall–Kier alpha value is -1.12. The molecular weight excluding hydrogens is 318 g/mol. The Kier molecular flexibility index (Phi) is 5.14. The molecule has 1 saturated carbocycles. The first-order chi connectivity index (χ1) is 11.7. The lowest BCUT2D eigenvalue weighted by molar-refractivity contribution is 0.352. The van der Waals surface area contributed by atoms with E-state index < -0.39 is 8.24 Å². The van der Waals surface area contributed by atoms with Gasteiger partial charge in [-0.1, -0.05) is 83.3 Å². The molecule has 3 rings (SSSR count). The molecule has 0 heterocycles. The quantitative estimate of drug-likeness (QED) is 0.609. The Labute approximate surface area is 155 Å². The smallest absolute Gasteiger partial charge is 0.123 e. The molecule has 1 nitrogen and oxygen atoms in total. The van der Waals surface area contributed by atoms with E-state index in [4.69, 9.17) is 0 Å². The van der Waals surface area contributed by atoms with Crippen molar-refractivity contribution < 1.29 is 0 Å². The van der Waals surface area contributed by atoms with Gasteiger partial charge in [0, 0.05) is 6.04 Å². The Morgan fingerprint density at radius 1 is 0.800 bits per heavy atom. The Bertz CT molecular complexity index is 718. The van der Waals surface area contributed by atoms with Crippen molar-refractivity contribution in [2.45, 2.75) is 59.3 Å². The molecule has 25 heavy (non-hydrogen) atoms. The fraction of sp³-hybridized carbons (Fsp3) is 0.565. The van der Waals surface area contributed by atoms with Crippen molar-refractivity contribution in [3.8, 4) is 0 Å². The molecular formula is C23H35NSi. The molecule has 0 aliphatic heterocycles. The van der Waals surface area contributed by atoms with Gasteiger partial charge < -0.3 is 4.98 Å². The topological polar surface area (TPSA) is 12.0 Å². The summed E-state index contributed by atoms with van der Waals surface area (Å²) in [4.78, 5) is 4.15. The van der Waals surface area contributed by atoms with E-state index in [1.54, 1.807) is 0 Å². The van der Waals surface area contributed by atoms with Gasteiger partial charge >= 0.3 is 0 Å². The number of fused-ring (bicyclic) bond motifs is 1. The molecule has 5 atom stereocenters. The minimum atomic E-state index is -1.56. The van der Waals surface area contributed by atoms with Crippen LogP contribution in [0.4, 0.5) is 0 Å². The second-order valence-corrected chi connectivity index (χ2v) is 13.5. The summed E-state index contributed by atoms with van der Waals surface area (Å²) in [7, 11) is -1.56. The van der Waals surface area contributed by atoms with E-state index >= 15 is 0 Å². The third-order valence-corrected chi connectivity index (χ3v) is 11.2. The SMILES string of the molecule is CC1C(C)C(C)C([Si](C)(C)N[C@H](C)c2cccc3ccccc23)C1C. The van der Waals surface area contributed by atoms with E-state index in [9.17, 15) is 0 Å². The average molecular weight is 354 g/mol. The Morgan fingerprint density at radius 3 is 2.00 bits per heavy atom. The Balaban J connectivity index is 1.87. The predicted octanol–water partition coefficient (Wildman–Crippen LogP) is 6.62. The van der Waals surface area contributed by atoms with Crippen molar-refractivity contribution >= 4 is 19.0 Å². The highest BCUT2D eigenvalue weighted by atomic mass is 28.3. The van der Waals surface area contributed by atoms with Gasteiger partial charge in [-0.2, -0.15) is 0 Å². The Morgan fingerprint density at radius 2 is 1.36 bits per heavy atom. The van der Waals surface area contributed by atoms with Crippen LogP contribution in [0.3, 0.4) is 0 Å². The molecule has 2 heteroatoms. The van der Waals surface area contributed by atoms with Crippen LogP contribution in [0.25, 0.3) is 10.8 Å². The highest BCUT2D eigenvalue weighted by Crippen LogP contribution is 2.53. The van der Waals surface area contributed by atoms with Gasteiger partial charge in [-0.05, 0) is 52.5 Å². The number of hydrogen-bond acceptors (Lipinski definition) is 1. The molecule has 1 aliphatic rings. The molecule has 4 unspecified atom stereocenters. The molecule has 0 saturated heterocycles. The van der Waals surface area contributed by atoms with E-state index in [1.165, 1.54) is 16.3 Å². The monoisotopic (exact) mass is 353 g/mol. The van der Waals surface area contributed by atoms with Crippen molar-refractivity contribution in [1.82, 2.24) is 4.98 Å². The maximum Gasteiger partial charge on any atom is 0.123 e. The van der Waals surface area contributed by atoms with Crippen molar-refractivity contribution in [1.29, 1.82) is 0 Å².